The Hall–Kier alpha value is -4.43. The Labute approximate surface area is 231 Å². The van der Waals surface area contributed by atoms with Crippen LogP contribution in [-0.2, 0) is 16.0 Å². The first-order valence-electron chi connectivity index (χ1n) is 12.6. The lowest BCUT2D eigenvalue weighted by molar-refractivity contribution is -0.118. The Bertz CT molecular complexity index is 1410. The number of aryl methyl sites for hydroxylation is 1. The van der Waals surface area contributed by atoms with Gasteiger partial charge < -0.3 is 20.1 Å². The molecule has 200 valence electrons. The fourth-order valence-corrected chi connectivity index (χ4v) is 4.86. The van der Waals surface area contributed by atoms with Crippen molar-refractivity contribution in [3.8, 4) is 16.9 Å². The number of rotatable bonds is 11. The van der Waals surface area contributed by atoms with Crippen LogP contribution in [0.25, 0.3) is 11.1 Å². The van der Waals surface area contributed by atoms with Gasteiger partial charge in [0.15, 0.2) is 6.61 Å². The summed E-state index contributed by atoms with van der Waals surface area (Å²) in [5.74, 6) is -0.643. The maximum atomic E-state index is 12.7. The maximum absolute atomic E-state index is 12.7. The van der Waals surface area contributed by atoms with E-state index in [-0.39, 0.29) is 19.1 Å². The zero-order valence-electron chi connectivity index (χ0n) is 21.9. The molecule has 0 spiro atoms. The Balaban J connectivity index is 1.33. The summed E-state index contributed by atoms with van der Waals surface area (Å²) in [5.41, 5.74) is 4.65. The van der Waals surface area contributed by atoms with Crippen LogP contribution in [0, 0.1) is 6.92 Å². The first-order chi connectivity index (χ1) is 18.9. The molecular weight excluding hydrogens is 512 g/mol. The first-order valence-corrected chi connectivity index (χ1v) is 13.5. The summed E-state index contributed by atoms with van der Waals surface area (Å²) in [6.07, 6.45) is 0.748. The Morgan fingerprint density at radius 3 is 2.31 bits per heavy atom. The van der Waals surface area contributed by atoms with Crippen LogP contribution in [0.4, 0.5) is 5.00 Å². The summed E-state index contributed by atoms with van der Waals surface area (Å²) in [4.78, 5) is 37.8. The van der Waals surface area contributed by atoms with E-state index < -0.39 is 11.9 Å². The molecule has 0 radical (unpaired) electrons. The molecule has 4 rings (SSSR count). The van der Waals surface area contributed by atoms with Crippen LogP contribution in [0.5, 0.6) is 5.75 Å². The lowest BCUT2D eigenvalue weighted by atomic mass is 10.0. The van der Waals surface area contributed by atoms with Crippen LogP contribution in [-0.4, -0.2) is 37.5 Å². The molecule has 4 aromatic rings. The molecule has 2 amide bonds. The topological polar surface area (TPSA) is 93.7 Å². The van der Waals surface area contributed by atoms with Crippen LogP contribution in [0.2, 0.25) is 0 Å². The van der Waals surface area contributed by atoms with Gasteiger partial charge in [0.25, 0.3) is 11.8 Å². The molecule has 0 saturated carbocycles. The second-order valence-corrected chi connectivity index (χ2v) is 9.67. The van der Waals surface area contributed by atoms with Crippen molar-refractivity contribution in [1.29, 1.82) is 0 Å². The van der Waals surface area contributed by atoms with Crippen molar-refractivity contribution < 1.29 is 23.9 Å². The number of amides is 2. The minimum absolute atomic E-state index is 0.177. The van der Waals surface area contributed by atoms with Gasteiger partial charge in [0, 0.05) is 23.1 Å². The third kappa shape index (κ3) is 7.55. The largest absolute Gasteiger partial charge is 0.484 e. The predicted octanol–water partition coefficient (Wildman–Crippen LogP) is 5.89. The van der Waals surface area contributed by atoms with E-state index in [0.717, 1.165) is 23.1 Å². The van der Waals surface area contributed by atoms with Gasteiger partial charge in [-0.25, -0.2) is 4.79 Å². The second kappa shape index (κ2) is 13.4. The van der Waals surface area contributed by atoms with Crippen molar-refractivity contribution >= 4 is 34.1 Å². The fourth-order valence-electron chi connectivity index (χ4n) is 3.88. The minimum Gasteiger partial charge on any atom is -0.484 e. The Morgan fingerprint density at radius 1 is 0.897 bits per heavy atom. The average molecular weight is 543 g/mol. The molecule has 7 nitrogen and oxygen atoms in total. The van der Waals surface area contributed by atoms with Crippen molar-refractivity contribution in [1.82, 2.24) is 5.32 Å². The molecule has 0 fully saturated rings. The van der Waals surface area contributed by atoms with Gasteiger partial charge in [-0.15, -0.1) is 11.3 Å². The number of carbonyl (C=O) groups is 3. The van der Waals surface area contributed by atoms with Crippen molar-refractivity contribution in [2.75, 3.05) is 25.1 Å². The third-order valence-electron chi connectivity index (χ3n) is 5.91. The first kappa shape index (κ1) is 27.6. The standard InChI is InChI=1S/C31H30N2O5S/c1-3-37-31(36)28-26(23-11-9-21(2)10-12-23)20-39-30(28)33-27(34)19-38-25-15-13-24(14-16-25)29(35)32-18-17-22-7-5-4-6-8-22/h4-16,20H,3,17-19H2,1-2H3,(H,32,35)(H,33,34). The molecule has 0 aliphatic carbocycles. The zero-order valence-corrected chi connectivity index (χ0v) is 22.7. The number of hydrogen-bond acceptors (Lipinski definition) is 6. The van der Waals surface area contributed by atoms with Gasteiger partial charge in [-0.3, -0.25) is 9.59 Å². The van der Waals surface area contributed by atoms with Gasteiger partial charge in [-0.1, -0.05) is 60.2 Å². The average Bonchev–Trinajstić information content (AvgIpc) is 3.36. The van der Waals surface area contributed by atoms with Crippen LogP contribution in [0.3, 0.4) is 0 Å². The monoisotopic (exact) mass is 542 g/mol. The minimum atomic E-state index is -0.497. The second-order valence-electron chi connectivity index (χ2n) is 8.79. The van der Waals surface area contributed by atoms with Crippen LogP contribution in [0.1, 0.15) is 38.8 Å². The fraction of sp³-hybridized carbons (Fsp3) is 0.194. The number of benzene rings is 3. The lowest BCUT2D eigenvalue weighted by Crippen LogP contribution is -2.25. The number of anilines is 1. The summed E-state index contributed by atoms with van der Waals surface area (Å²) in [5, 5.41) is 7.91. The summed E-state index contributed by atoms with van der Waals surface area (Å²) < 4.78 is 10.9. The summed E-state index contributed by atoms with van der Waals surface area (Å²) >= 11 is 1.26. The van der Waals surface area contributed by atoms with Gasteiger partial charge >= 0.3 is 5.97 Å². The van der Waals surface area contributed by atoms with Crippen molar-refractivity contribution in [3.05, 3.63) is 106 Å². The van der Waals surface area contributed by atoms with Crippen molar-refractivity contribution in [3.63, 3.8) is 0 Å². The summed E-state index contributed by atoms with van der Waals surface area (Å²) in [6, 6.07) is 24.3. The van der Waals surface area contributed by atoms with Gasteiger partial charge in [0.2, 0.25) is 0 Å². The maximum Gasteiger partial charge on any atom is 0.341 e. The molecule has 1 aromatic heterocycles. The van der Waals surface area contributed by atoms with Crippen LogP contribution >= 0.6 is 11.3 Å². The number of carbonyl (C=O) groups excluding carboxylic acids is 3. The predicted molar refractivity (Wildman–Crippen MR) is 153 cm³/mol. The van der Waals surface area contributed by atoms with Crippen LogP contribution in [0.15, 0.2) is 84.2 Å². The molecule has 0 bridgehead atoms. The molecule has 0 unspecified atom stereocenters. The smallest absolute Gasteiger partial charge is 0.341 e. The molecule has 1 heterocycles. The van der Waals surface area contributed by atoms with E-state index in [2.05, 4.69) is 10.6 Å². The van der Waals surface area contributed by atoms with Gasteiger partial charge in [0.05, 0.1) is 6.61 Å². The number of nitrogens with one attached hydrogen (secondary N) is 2. The highest BCUT2D eigenvalue weighted by Crippen LogP contribution is 2.36. The van der Waals surface area contributed by atoms with Crippen LogP contribution < -0.4 is 15.4 Å². The quantitative estimate of drug-likeness (QED) is 0.231. The molecule has 0 aliphatic rings. The molecule has 39 heavy (non-hydrogen) atoms. The van der Waals surface area contributed by atoms with E-state index in [4.69, 9.17) is 9.47 Å². The SMILES string of the molecule is CCOC(=O)c1c(-c2ccc(C)cc2)csc1NC(=O)COc1ccc(C(=O)NCCc2ccccc2)cc1. The molecular formula is C31H30N2O5S. The zero-order chi connectivity index (χ0) is 27.6. The highest BCUT2D eigenvalue weighted by molar-refractivity contribution is 7.15. The van der Waals surface area contributed by atoms with E-state index in [1.165, 1.54) is 11.3 Å². The Kier molecular flexibility index (Phi) is 9.48. The van der Waals surface area contributed by atoms with E-state index >= 15 is 0 Å². The number of esters is 1. The third-order valence-corrected chi connectivity index (χ3v) is 6.81. The highest BCUT2D eigenvalue weighted by Gasteiger charge is 2.23. The van der Waals surface area contributed by atoms with E-state index in [1.807, 2.05) is 66.9 Å². The van der Waals surface area contributed by atoms with Crippen molar-refractivity contribution in [2.45, 2.75) is 20.3 Å². The molecule has 2 N–H and O–H groups in total. The van der Waals surface area contributed by atoms with E-state index in [0.29, 0.717) is 34.0 Å². The number of hydrogen-bond donors (Lipinski definition) is 2. The van der Waals surface area contributed by atoms with E-state index in [9.17, 15) is 14.4 Å². The van der Waals surface area contributed by atoms with Gasteiger partial charge in [0.1, 0.15) is 16.3 Å². The number of ether oxygens (including phenoxy) is 2. The van der Waals surface area contributed by atoms with Crippen molar-refractivity contribution in [2.24, 2.45) is 0 Å². The summed E-state index contributed by atoms with van der Waals surface area (Å²) in [6.45, 7) is 4.22. The highest BCUT2D eigenvalue weighted by atomic mass is 32.1. The Morgan fingerprint density at radius 2 is 1.62 bits per heavy atom. The molecule has 0 saturated heterocycles. The normalized spacial score (nSPS) is 10.5. The molecule has 0 atom stereocenters. The summed E-state index contributed by atoms with van der Waals surface area (Å²) in [7, 11) is 0. The van der Waals surface area contributed by atoms with Gasteiger partial charge in [-0.2, -0.15) is 0 Å². The van der Waals surface area contributed by atoms with E-state index in [1.54, 1.807) is 31.2 Å². The molecule has 8 heteroatoms. The van der Waals surface area contributed by atoms with Gasteiger partial charge in [-0.05, 0) is 55.7 Å². The molecule has 3 aromatic carbocycles. The lowest BCUT2D eigenvalue weighted by Gasteiger charge is -2.10. The number of thiophene rings is 1. The molecule has 0 aliphatic heterocycles.